The molecule has 0 radical (unpaired) electrons. The van der Waals surface area contributed by atoms with Gasteiger partial charge in [0.2, 0.25) is 11.8 Å². The monoisotopic (exact) mass is 262 g/mol. The van der Waals surface area contributed by atoms with Crippen LogP contribution in [-0.2, 0) is 13.0 Å². The molecule has 3 rings (SSSR count). The molecule has 0 aliphatic carbocycles. The second-order valence-electron chi connectivity index (χ2n) is 3.89. The third-order valence-corrected chi connectivity index (χ3v) is 2.84. The summed E-state index contributed by atoms with van der Waals surface area (Å²) in [5.74, 6) is 1.62. The van der Waals surface area contributed by atoms with Gasteiger partial charge in [-0.05, 0) is 12.1 Å². The van der Waals surface area contributed by atoms with E-state index in [0.717, 1.165) is 11.0 Å². The van der Waals surface area contributed by atoms with Crippen LogP contribution in [0.2, 0.25) is 0 Å². The van der Waals surface area contributed by atoms with Crippen molar-refractivity contribution < 1.29 is 4.42 Å². The third kappa shape index (κ3) is 2.09. The van der Waals surface area contributed by atoms with Crippen molar-refractivity contribution in [2.24, 2.45) is 0 Å². The Morgan fingerprint density at radius 2 is 2.00 bits per heavy atom. The van der Waals surface area contributed by atoms with Crippen molar-refractivity contribution in [2.75, 3.05) is 5.88 Å². The fourth-order valence-electron chi connectivity index (χ4n) is 1.82. The van der Waals surface area contributed by atoms with Crippen molar-refractivity contribution in [3.8, 4) is 0 Å². The van der Waals surface area contributed by atoms with Gasteiger partial charge in [0.15, 0.2) is 0 Å². The molecule has 0 fully saturated rings. The van der Waals surface area contributed by atoms with Gasteiger partial charge in [0.1, 0.15) is 6.54 Å². The number of imidazole rings is 1. The molecular formula is C12H11ClN4O. The summed E-state index contributed by atoms with van der Waals surface area (Å²) < 4.78 is 7.47. The standard InChI is InChI=1S/C12H11ClN4O/c13-6-5-11-15-16-12(18-11)7-17-8-14-9-3-1-2-4-10(9)17/h1-4,8H,5-7H2. The molecule has 0 bridgehead atoms. The minimum absolute atomic E-state index is 0.482. The molecule has 0 amide bonds. The van der Waals surface area contributed by atoms with Gasteiger partial charge in [-0.2, -0.15) is 0 Å². The lowest BCUT2D eigenvalue weighted by Crippen LogP contribution is -1.97. The Morgan fingerprint density at radius 1 is 1.17 bits per heavy atom. The molecule has 0 aliphatic rings. The van der Waals surface area contributed by atoms with Gasteiger partial charge in [0, 0.05) is 12.3 Å². The number of aromatic nitrogens is 4. The number of fused-ring (bicyclic) bond motifs is 1. The summed E-state index contributed by atoms with van der Waals surface area (Å²) in [6.07, 6.45) is 2.37. The number of alkyl halides is 1. The summed E-state index contributed by atoms with van der Waals surface area (Å²) in [6.45, 7) is 0.524. The van der Waals surface area contributed by atoms with E-state index in [1.54, 1.807) is 6.33 Å². The number of hydrogen-bond acceptors (Lipinski definition) is 4. The first-order valence-electron chi connectivity index (χ1n) is 5.64. The van der Waals surface area contributed by atoms with Gasteiger partial charge in [-0.1, -0.05) is 12.1 Å². The van der Waals surface area contributed by atoms with Gasteiger partial charge in [-0.25, -0.2) is 4.98 Å². The molecular weight excluding hydrogens is 252 g/mol. The average molecular weight is 263 g/mol. The zero-order chi connectivity index (χ0) is 12.4. The first-order valence-corrected chi connectivity index (χ1v) is 6.17. The summed E-state index contributed by atoms with van der Waals surface area (Å²) in [7, 11) is 0. The Hall–Kier alpha value is -1.88. The SMILES string of the molecule is ClCCc1nnc(Cn2cnc3ccccc32)o1. The van der Waals surface area contributed by atoms with Crippen molar-refractivity contribution >= 4 is 22.6 Å². The van der Waals surface area contributed by atoms with Crippen LogP contribution >= 0.6 is 11.6 Å². The van der Waals surface area contributed by atoms with E-state index >= 15 is 0 Å². The van der Waals surface area contributed by atoms with Crippen LogP contribution in [-0.4, -0.2) is 25.6 Å². The topological polar surface area (TPSA) is 56.7 Å². The lowest BCUT2D eigenvalue weighted by Gasteiger charge is -1.99. The van der Waals surface area contributed by atoms with E-state index in [1.807, 2.05) is 28.8 Å². The highest BCUT2D eigenvalue weighted by molar-refractivity contribution is 6.17. The molecule has 0 saturated heterocycles. The van der Waals surface area contributed by atoms with Crippen LogP contribution in [0.25, 0.3) is 11.0 Å². The summed E-state index contributed by atoms with van der Waals surface area (Å²) in [5, 5.41) is 7.92. The minimum atomic E-state index is 0.482. The molecule has 0 aliphatic heterocycles. The zero-order valence-electron chi connectivity index (χ0n) is 9.58. The van der Waals surface area contributed by atoms with Crippen LogP contribution in [0.1, 0.15) is 11.8 Å². The normalized spacial score (nSPS) is 11.2. The average Bonchev–Trinajstić information content (AvgIpc) is 2.99. The first kappa shape index (κ1) is 11.2. The predicted molar refractivity (Wildman–Crippen MR) is 67.6 cm³/mol. The van der Waals surface area contributed by atoms with Crippen LogP contribution in [0.5, 0.6) is 0 Å². The summed E-state index contributed by atoms with van der Waals surface area (Å²) in [5.41, 5.74) is 2.01. The summed E-state index contributed by atoms with van der Waals surface area (Å²) >= 11 is 5.62. The van der Waals surface area contributed by atoms with Gasteiger partial charge in [-0.15, -0.1) is 21.8 Å². The molecule has 18 heavy (non-hydrogen) atoms. The molecule has 0 N–H and O–H groups in total. The summed E-state index contributed by atoms with van der Waals surface area (Å²) in [4.78, 5) is 4.31. The quantitative estimate of drug-likeness (QED) is 0.677. The smallest absolute Gasteiger partial charge is 0.236 e. The van der Waals surface area contributed by atoms with E-state index in [4.69, 9.17) is 16.0 Å². The first-order chi connectivity index (χ1) is 8.86. The highest BCUT2D eigenvalue weighted by atomic mass is 35.5. The van der Waals surface area contributed by atoms with Crippen molar-refractivity contribution in [1.29, 1.82) is 0 Å². The maximum atomic E-state index is 5.62. The lowest BCUT2D eigenvalue weighted by atomic mass is 10.3. The molecule has 0 spiro atoms. The Labute approximate surface area is 108 Å². The van der Waals surface area contributed by atoms with E-state index in [1.165, 1.54) is 0 Å². The van der Waals surface area contributed by atoms with Gasteiger partial charge in [-0.3, -0.25) is 0 Å². The maximum absolute atomic E-state index is 5.62. The van der Waals surface area contributed by atoms with Gasteiger partial charge < -0.3 is 8.98 Å². The van der Waals surface area contributed by atoms with Crippen LogP contribution in [0.15, 0.2) is 35.0 Å². The molecule has 6 heteroatoms. The van der Waals surface area contributed by atoms with Crippen LogP contribution in [0.3, 0.4) is 0 Å². The molecule has 2 aromatic heterocycles. The number of hydrogen-bond donors (Lipinski definition) is 0. The Morgan fingerprint density at radius 3 is 2.89 bits per heavy atom. The Balaban J connectivity index is 1.87. The van der Waals surface area contributed by atoms with Gasteiger partial charge in [0.25, 0.3) is 0 Å². The second-order valence-corrected chi connectivity index (χ2v) is 4.27. The van der Waals surface area contributed by atoms with E-state index in [2.05, 4.69) is 15.2 Å². The molecule has 3 aromatic rings. The van der Waals surface area contributed by atoms with E-state index in [9.17, 15) is 0 Å². The number of rotatable bonds is 4. The highest BCUT2D eigenvalue weighted by Crippen LogP contribution is 2.13. The largest absolute Gasteiger partial charge is 0.423 e. The van der Waals surface area contributed by atoms with Crippen molar-refractivity contribution in [3.63, 3.8) is 0 Å². The van der Waals surface area contributed by atoms with E-state index < -0.39 is 0 Å². The molecule has 5 nitrogen and oxygen atoms in total. The van der Waals surface area contributed by atoms with Crippen molar-refractivity contribution in [2.45, 2.75) is 13.0 Å². The molecule has 0 saturated carbocycles. The number of halogens is 1. The fraction of sp³-hybridized carbons (Fsp3) is 0.250. The van der Waals surface area contributed by atoms with Crippen LogP contribution in [0.4, 0.5) is 0 Å². The van der Waals surface area contributed by atoms with Crippen molar-refractivity contribution in [1.82, 2.24) is 19.7 Å². The fourth-order valence-corrected chi connectivity index (χ4v) is 1.98. The zero-order valence-corrected chi connectivity index (χ0v) is 10.3. The Kier molecular flexibility index (Phi) is 2.98. The van der Waals surface area contributed by atoms with Crippen LogP contribution < -0.4 is 0 Å². The van der Waals surface area contributed by atoms with Gasteiger partial charge in [0.05, 0.1) is 17.4 Å². The lowest BCUT2D eigenvalue weighted by molar-refractivity contribution is 0.445. The highest BCUT2D eigenvalue weighted by Gasteiger charge is 2.08. The predicted octanol–water partition coefficient (Wildman–Crippen LogP) is 2.25. The molecule has 1 aromatic carbocycles. The number of para-hydroxylation sites is 2. The number of benzene rings is 1. The van der Waals surface area contributed by atoms with E-state index in [0.29, 0.717) is 30.6 Å². The van der Waals surface area contributed by atoms with Gasteiger partial charge >= 0.3 is 0 Å². The molecule has 92 valence electrons. The third-order valence-electron chi connectivity index (χ3n) is 2.65. The van der Waals surface area contributed by atoms with Crippen LogP contribution in [0, 0.1) is 0 Å². The Bertz CT molecular complexity index is 661. The summed E-state index contributed by atoms with van der Waals surface area (Å²) in [6, 6.07) is 7.93. The van der Waals surface area contributed by atoms with Crippen molar-refractivity contribution in [3.05, 3.63) is 42.4 Å². The second kappa shape index (κ2) is 4.78. The molecule has 0 unspecified atom stereocenters. The number of aryl methyl sites for hydroxylation is 1. The molecule has 2 heterocycles. The molecule has 0 atom stereocenters. The maximum Gasteiger partial charge on any atom is 0.236 e. The minimum Gasteiger partial charge on any atom is -0.423 e. The number of nitrogens with zero attached hydrogens (tertiary/aromatic N) is 4. The van der Waals surface area contributed by atoms with E-state index in [-0.39, 0.29) is 0 Å².